The molecule has 0 N–H and O–H groups in total. The highest BCUT2D eigenvalue weighted by Crippen LogP contribution is 2.35. The maximum Gasteiger partial charge on any atom is 0.294 e. The zero-order chi connectivity index (χ0) is 25.1. The molecule has 5 rings (SSSR count). The zero-order valence-corrected chi connectivity index (χ0v) is 20.8. The fourth-order valence-corrected chi connectivity index (χ4v) is 5.30. The molecule has 3 aromatic rings. The summed E-state index contributed by atoms with van der Waals surface area (Å²) in [6.07, 6.45) is 3.56. The third-order valence-electron chi connectivity index (χ3n) is 6.37. The topological polar surface area (TPSA) is 76.2 Å². The zero-order valence-electron chi connectivity index (χ0n) is 19.9. The van der Waals surface area contributed by atoms with E-state index in [9.17, 15) is 14.4 Å². The Balaban J connectivity index is 1.33. The molecular formula is C28H26N2O5S. The number of hydrogen-bond donors (Lipinski definition) is 0. The fourth-order valence-electron chi connectivity index (χ4n) is 4.46. The molecular weight excluding hydrogens is 476 g/mol. The number of amides is 3. The van der Waals surface area contributed by atoms with Crippen molar-refractivity contribution < 1.29 is 23.9 Å². The number of rotatable bonds is 7. The van der Waals surface area contributed by atoms with Crippen molar-refractivity contribution in [1.29, 1.82) is 0 Å². The average molecular weight is 503 g/mol. The number of thioether (sulfide) groups is 1. The lowest BCUT2D eigenvalue weighted by Crippen LogP contribution is -2.40. The van der Waals surface area contributed by atoms with Crippen LogP contribution in [0.3, 0.4) is 0 Å². The number of ether oxygens (including phenoxy) is 2. The Kier molecular flexibility index (Phi) is 6.95. The number of fused-ring (bicyclic) bond motifs is 1. The van der Waals surface area contributed by atoms with Gasteiger partial charge in [-0.1, -0.05) is 48.5 Å². The smallest absolute Gasteiger partial charge is 0.294 e. The van der Waals surface area contributed by atoms with Gasteiger partial charge in [-0.25, -0.2) is 0 Å². The average Bonchev–Trinajstić information content (AvgIpc) is 3.53. The van der Waals surface area contributed by atoms with Crippen molar-refractivity contribution in [3.05, 3.63) is 76.7 Å². The minimum atomic E-state index is -0.452. The molecule has 0 bridgehead atoms. The van der Waals surface area contributed by atoms with Crippen LogP contribution >= 0.6 is 11.8 Å². The van der Waals surface area contributed by atoms with Crippen LogP contribution in [0.4, 0.5) is 4.79 Å². The second-order valence-corrected chi connectivity index (χ2v) is 9.69. The molecule has 2 heterocycles. The summed E-state index contributed by atoms with van der Waals surface area (Å²) < 4.78 is 11.6. The molecule has 2 saturated heterocycles. The Hall–Kier alpha value is -3.78. The summed E-state index contributed by atoms with van der Waals surface area (Å²) in [6, 6.07) is 19.6. The summed E-state index contributed by atoms with van der Waals surface area (Å²) in [5.41, 5.74) is 1.74. The first-order valence-corrected chi connectivity index (χ1v) is 12.7. The quantitative estimate of drug-likeness (QED) is 0.419. The van der Waals surface area contributed by atoms with Crippen molar-refractivity contribution >= 4 is 45.7 Å². The first-order valence-electron chi connectivity index (χ1n) is 11.8. The molecule has 7 nitrogen and oxygen atoms in total. The van der Waals surface area contributed by atoms with Crippen LogP contribution in [0.15, 0.2) is 65.6 Å². The number of imide groups is 1. The lowest BCUT2D eigenvalue weighted by atomic mass is 10.1. The third kappa shape index (κ3) is 4.95. The van der Waals surface area contributed by atoms with E-state index in [0.29, 0.717) is 36.8 Å². The van der Waals surface area contributed by atoms with Crippen molar-refractivity contribution in [2.75, 3.05) is 26.7 Å². The second kappa shape index (κ2) is 10.5. The Labute approximate surface area is 213 Å². The molecule has 184 valence electrons. The summed E-state index contributed by atoms with van der Waals surface area (Å²) >= 11 is 0.844. The van der Waals surface area contributed by atoms with Gasteiger partial charge < -0.3 is 14.4 Å². The summed E-state index contributed by atoms with van der Waals surface area (Å²) in [5.74, 6) is 0.454. The van der Waals surface area contributed by atoms with E-state index >= 15 is 0 Å². The normalized spacial score (nSPS) is 16.9. The molecule has 3 amide bonds. The Morgan fingerprint density at radius 3 is 2.58 bits per heavy atom. The van der Waals surface area contributed by atoms with Crippen molar-refractivity contribution in [3.8, 4) is 11.5 Å². The molecule has 8 heteroatoms. The van der Waals surface area contributed by atoms with Gasteiger partial charge in [0.15, 0.2) is 11.5 Å². The van der Waals surface area contributed by atoms with Gasteiger partial charge in [-0.05, 0) is 64.7 Å². The number of benzene rings is 3. The Bertz CT molecular complexity index is 1360. The van der Waals surface area contributed by atoms with Gasteiger partial charge in [0.25, 0.3) is 11.1 Å². The van der Waals surface area contributed by atoms with E-state index in [1.807, 2.05) is 24.3 Å². The van der Waals surface area contributed by atoms with Crippen molar-refractivity contribution in [1.82, 2.24) is 9.80 Å². The Morgan fingerprint density at radius 1 is 1.00 bits per heavy atom. The standard InChI is InChI=1S/C28H26N2O5S/c1-34-23-12-11-19(15-24(23)35-18-21-9-6-8-20-7-2-3-10-22(20)21)16-25-27(32)30(28(33)36-25)17-26(31)29-13-4-5-14-29/h2-3,6-12,15-16H,4-5,13-14,17-18H2,1H3/b25-16-. The molecule has 0 saturated carbocycles. The van der Waals surface area contributed by atoms with Crippen LogP contribution < -0.4 is 9.47 Å². The lowest BCUT2D eigenvalue weighted by molar-refractivity contribution is -0.135. The van der Waals surface area contributed by atoms with Gasteiger partial charge in [0.1, 0.15) is 13.2 Å². The van der Waals surface area contributed by atoms with Gasteiger partial charge in [0, 0.05) is 13.1 Å². The van der Waals surface area contributed by atoms with Gasteiger partial charge in [0.05, 0.1) is 12.0 Å². The van der Waals surface area contributed by atoms with Crippen molar-refractivity contribution in [2.24, 2.45) is 0 Å². The molecule has 0 unspecified atom stereocenters. The lowest BCUT2D eigenvalue weighted by Gasteiger charge is -2.18. The number of nitrogens with zero attached hydrogens (tertiary/aromatic N) is 2. The van der Waals surface area contributed by atoms with Gasteiger partial charge in [-0.15, -0.1) is 0 Å². The van der Waals surface area contributed by atoms with Gasteiger partial charge >= 0.3 is 0 Å². The molecule has 2 aliphatic rings. The highest BCUT2D eigenvalue weighted by Gasteiger charge is 2.37. The van der Waals surface area contributed by atoms with E-state index in [1.165, 1.54) is 0 Å². The molecule has 0 radical (unpaired) electrons. The molecule has 2 aliphatic heterocycles. The number of hydrogen-bond acceptors (Lipinski definition) is 6. The SMILES string of the molecule is COc1ccc(/C=C2\SC(=O)N(CC(=O)N3CCCC3)C2=O)cc1OCc1cccc2ccccc12. The number of methoxy groups -OCH3 is 1. The van der Waals surface area contributed by atoms with Crippen LogP contribution in [-0.2, 0) is 16.2 Å². The molecule has 0 spiro atoms. The van der Waals surface area contributed by atoms with E-state index in [2.05, 4.69) is 18.2 Å². The van der Waals surface area contributed by atoms with Crippen molar-refractivity contribution in [2.45, 2.75) is 19.4 Å². The van der Waals surface area contributed by atoms with Crippen LogP contribution in [0, 0.1) is 0 Å². The van der Waals surface area contributed by atoms with Gasteiger partial charge in [0.2, 0.25) is 5.91 Å². The predicted molar refractivity (Wildman–Crippen MR) is 140 cm³/mol. The van der Waals surface area contributed by atoms with E-state index in [0.717, 1.165) is 45.8 Å². The molecule has 36 heavy (non-hydrogen) atoms. The van der Waals surface area contributed by atoms with Gasteiger partial charge in [-0.2, -0.15) is 0 Å². The minimum Gasteiger partial charge on any atom is -0.493 e. The van der Waals surface area contributed by atoms with E-state index < -0.39 is 11.1 Å². The van der Waals surface area contributed by atoms with Crippen LogP contribution in [0.25, 0.3) is 16.8 Å². The minimum absolute atomic E-state index is 0.190. The number of carbonyl (C=O) groups excluding carboxylic acids is 3. The first kappa shape index (κ1) is 23.9. The maximum absolute atomic E-state index is 12.9. The monoisotopic (exact) mass is 502 g/mol. The Morgan fingerprint density at radius 2 is 1.78 bits per heavy atom. The molecule has 3 aromatic carbocycles. The molecule has 0 aliphatic carbocycles. The second-order valence-electron chi connectivity index (χ2n) is 8.69. The molecule has 0 aromatic heterocycles. The van der Waals surface area contributed by atoms with Gasteiger partial charge in [-0.3, -0.25) is 19.3 Å². The van der Waals surface area contributed by atoms with Crippen LogP contribution in [0.5, 0.6) is 11.5 Å². The predicted octanol–water partition coefficient (Wildman–Crippen LogP) is 5.09. The third-order valence-corrected chi connectivity index (χ3v) is 7.28. The van der Waals surface area contributed by atoms with Crippen molar-refractivity contribution in [3.63, 3.8) is 0 Å². The number of likely N-dealkylation sites (tertiary alicyclic amines) is 1. The highest BCUT2D eigenvalue weighted by atomic mass is 32.2. The summed E-state index contributed by atoms with van der Waals surface area (Å²) in [7, 11) is 1.57. The summed E-state index contributed by atoms with van der Waals surface area (Å²) in [5, 5.41) is 1.82. The largest absolute Gasteiger partial charge is 0.493 e. The van der Waals surface area contributed by atoms with E-state index in [-0.39, 0.29) is 17.4 Å². The van der Waals surface area contributed by atoms with E-state index in [1.54, 1.807) is 36.3 Å². The van der Waals surface area contributed by atoms with E-state index in [4.69, 9.17) is 9.47 Å². The van der Waals surface area contributed by atoms with Crippen LogP contribution in [-0.4, -0.2) is 53.6 Å². The maximum atomic E-state index is 12.9. The highest BCUT2D eigenvalue weighted by molar-refractivity contribution is 8.18. The molecule has 2 fully saturated rings. The summed E-state index contributed by atoms with van der Waals surface area (Å²) in [6.45, 7) is 1.48. The van der Waals surface area contributed by atoms with Crippen LogP contribution in [0.2, 0.25) is 0 Å². The first-order chi connectivity index (χ1) is 17.5. The molecule has 0 atom stereocenters. The fraction of sp³-hybridized carbons (Fsp3) is 0.250. The summed E-state index contributed by atoms with van der Waals surface area (Å²) in [4.78, 5) is 40.9. The number of carbonyl (C=O) groups is 3. The van der Waals surface area contributed by atoms with Crippen LogP contribution in [0.1, 0.15) is 24.0 Å².